The highest BCUT2D eigenvalue weighted by atomic mass is 32.2. The van der Waals surface area contributed by atoms with Crippen molar-refractivity contribution in [2.24, 2.45) is 5.73 Å². The van der Waals surface area contributed by atoms with Gasteiger partial charge in [0.1, 0.15) is 0 Å². The quantitative estimate of drug-likeness (QED) is 0.776. The fourth-order valence-electron chi connectivity index (χ4n) is 2.16. The normalized spacial score (nSPS) is 27.4. The summed E-state index contributed by atoms with van der Waals surface area (Å²) in [6.45, 7) is 2.02. The largest absolute Gasteiger partial charge is 0.353 e. The average Bonchev–Trinajstić information content (AvgIpc) is 2.28. The third-order valence-corrected chi connectivity index (χ3v) is 4.39. The van der Waals surface area contributed by atoms with E-state index in [-0.39, 0.29) is 11.9 Å². The summed E-state index contributed by atoms with van der Waals surface area (Å²) in [6, 6.07) is 0.391. The van der Waals surface area contributed by atoms with Gasteiger partial charge in [0.05, 0.1) is 0 Å². The molecule has 1 amide bonds. The number of hydrogen-bond acceptors (Lipinski definition) is 3. The summed E-state index contributed by atoms with van der Waals surface area (Å²) < 4.78 is 0. The molecule has 1 aliphatic rings. The lowest BCUT2D eigenvalue weighted by Gasteiger charge is -2.29. The molecule has 0 spiro atoms. The van der Waals surface area contributed by atoms with Crippen LogP contribution in [0.25, 0.3) is 0 Å². The molecule has 0 heterocycles. The van der Waals surface area contributed by atoms with Gasteiger partial charge in [0, 0.05) is 23.8 Å². The van der Waals surface area contributed by atoms with E-state index in [9.17, 15) is 4.79 Å². The first-order chi connectivity index (χ1) is 7.65. The lowest BCUT2D eigenvalue weighted by atomic mass is 9.94. The molecule has 0 aromatic heterocycles. The standard InChI is InChI=1S/C12H24N2OS/c1-3-9(13)7-12(15)14-10-5-4-6-11(8-10)16-2/h9-11H,3-8,13H2,1-2H3,(H,14,15). The van der Waals surface area contributed by atoms with Crippen molar-refractivity contribution in [2.45, 2.75) is 62.8 Å². The maximum absolute atomic E-state index is 11.7. The van der Waals surface area contributed by atoms with Crippen LogP contribution < -0.4 is 11.1 Å². The van der Waals surface area contributed by atoms with Crippen molar-refractivity contribution in [1.82, 2.24) is 5.32 Å². The summed E-state index contributed by atoms with van der Waals surface area (Å²) in [5.41, 5.74) is 5.77. The predicted molar refractivity (Wildman–Crippen MR) is 70.6 cm³/mol. The van der Waals surface area contributed by atoms with Gasteiger partial charge in [0.25, 0.3) is 0 Å². The number of rotatable bonds is 5. The Balaban J connectivity index is 2.27. The van der Waals surface area contributed by atoms with Crippen molar-refractivity contribution in [3.05, 3.63) is 0 Å². The highest BCUT2D eigenvalue weighted by molar-refractivity contribution is 7.99. The van der Waals surface area contributed by atoms with Gasteiger partial charge in [-0.15, -0.1) is 0 Å². The molecule has 0 saturated heterocycles. The summed E-state index contributed by atoms with van der Waals surface area (Å²) in [5, 5.41) is 3.84. The number of carbonyl (C=O) groups is 1. The molecule has 1 fully saturated rings. The van der Waals surface area contributed by atoms with Gasteiger partial charge in [0.15, 0.2) is 0 Å². The molecule has 1 saturated carbocycles. The molecule has 3 unspecified atom stereocenters. The van der Waals surface area contributed by atoms with E-state index in [1.165, 1.54) is 12.8 Å². The molecule has 94 valence electrons. The fraction of sp³-hybridized carbons (Fsp3) is 0.917. The van der Waals surface area contributed by atoms with E-state index in [0.29, 0.717) is 12.5 Å². The maximum atomic E-state index is 11.7. The first kappa shape index (κ1) is 13.8. The lowest BCUT2D eigenvalue weighted by Crippen LogP contribution is -2.41. The number of carbonyl (C=O) groups excluding carboxylic acids is 1. The monoisotopic (exact) mass is 244 g/mol. The summed E-state index contributed by atoms with van der Waals surface area (Å²) >= 11 is 1.92. The van der Waals surface area contributed by atoms with Gasteiger partial charge in [-0.1, -0.05) is 13.3 Å². The number of hydrogen-bond donors (Lipinski definition) is 2. The van der Waals surface area contributed by atoms with Crippen molar-refractivity contribution in [3.8, 4) is 0 Å². The number of amides is 1. The van der Waals surface area contributed by atoms with Crippen molar-refractivity contribution >= 4 is 17.7 Å². The lowest BCUT2D eigenvalue weighted by molar-refractivity contribution is -0.122. The second-order valence-electron chi connectivity index (χ2n) is 4.66. The Morgan fingerprint density at radius 2 is 2.31 bits per heavy atom. The Labute approximate surface area is 103 Å². The van der Waals surface area contributed by atoms with E-state index in [0.717, 1.165) is 24.5 Å². The van der Waals surface area contributed by atoms with Gasteiger partial charge < -0.3 is 11.1 Å². The van der Waals surface area contributed by atoms with E-state index in [4.69, 9.17) is 5.73 Å². The first-order valence-corrected chi connectivity index (χ1v) is 7.52. The van der Waals surface area contributed by atoms with E-state index in [2.05, 4.69) is 11.6 Å². The summed E-state index contributed by atoms with van der Waals surface area (Å²) in [7, 11) is 0. The second kappa shape index (κ2) is 7.17. The van der Waals surface area contributed by atoms with Crippen molar-refractivity contribution in [2.75, 3.05) is 6.26 Å². The van der Waals surface area contributed by atoms with Crippen LogP contribution in [0.4, 0.5) is 0 Å². The van der Waals surface area contributed by atoms with Gasteiger partial charge in [-0.05, 0) is 31.9 Å². The molecule has 16 heavy (non-hydrogen) atoms. The Morgan fingerprint density at radius 3 is 2.94 bits per heavy atom. The Morgan fingerprint density at radius 1 is 1.56 bits per heavy atom. The number of nitrogens with two attached hydrogens (primary N) is 1. The molecular formula is C12H24N2OS. The molecular weight excluding hydrogens is 220 g/mol. The predicted octanol–water partition coefficient (Wildman–Crippen LogP) is 1.90. The van der Waals surface area contributed by atoms with Crippen molar-refractivity contribution < 1.29 is 4.79 Å². The minimum Gasteiger partial charge on any atom is -0.353 e. The van der Waals surface area contributed by atoms with Crippen LogP contribution in [0.15, 0.2) is 0 Å². The van der Waals surface area contributed by atoms with Crippen LogP contribution in [-0.4, -0.2) is 29.5 Å². The zero-order chi connectivity index (χ0) is 12.0. The molecule has 3 nitrogen and oxygen atoms in total. The van der Waals surface area contributed by atoms with Crippen LogP contribution in [-0.2, 0) is 4.79 Å². The third kappa shape index (κ3) is 4.74. The van der Waals surface area contributed by atoms with Gasteiger partial charge in [-0.2, -0.15) is 11.8 Å². The molecule has 0 radical (unpaired) electrons. The second-order valence-corrected chi connectivity index (χ2v) is 5.80. The maximum Gasteiger partial charge on any atom is 0.221 e. The average molecular weight is 244 g/mol. The summed E-state index contributed by atoms with van der Waals surface area (Å²) in [5.74, 6) is 0.126. The third-order valence-electron chi connectivity index (χ3n) is 3.30. The molecule has 4 heteroatoms. The Kier molecular flexibility index (Phi) is 6.21. The molecule has 1 aliphatic carbocycles. The molecule has 1 rings (SSSR count). The van der Waals surface area contributed by atoms with Crippen LogP contribution in [0, 0.1) is 0 Å². The smallest absolute Gasteiger partial charge is 0.221 e. The molecule has 0 aliphatic heterocycles. The summed E-state index contributed by atoms with van der Waals surface area (Å²) in [6.07, 6.45) is 8.26. The van der Waals surface area contributed by atoms with Gasteiger partial charge in [0.2, 0.25) is 5.91 Å². The Hall–Kier alpha value is -0.220. The van der Waals surface area contributed by atoms with Crippen LogP contribution >= 0.6 is 11.8 Å². The zero-order valence-electron chi connectivity index (χ0n) is 10.4. The SMILES string of the molecule is CCC(N)CC(=O)NC1CCCC(SC)C1. The molecule has 0 aromatic carbocycles. The van der Waals surface area contributed by atoms with Crippen LogP contribution in [0.3, 0.4) is 0 Å². The molecule has 0 aromatic rings. The van der Waals surface area contributed by atoms with E-state index in [1.54, 1.807) is 0 Å². The Bertz CT molecular complexity index is 223. The highest BCUT2D eigenvalue weighted by Crippen LogP contribution is 2.26. The minimum absolute atomic E-state index is 0.0138. The van der Waals surface area contributed by atoms with Gasteiger partial charge >= 0.3 is 0 Å². The van der Waals surface area contributed by atoms with Crippen LogP contribution in [0.2, 0.25) is 0 Å². The van der Waals surface area contributed by atoms with Crippen molar-refractivity contribution in [1.29, 1.82) is 0 Å². The van der Waals surface area contributed by atoms with Crippen molar-refractivity contribution in [3.63, 3.8) is 0 Å². The topological polar surface area (TPSA) is 55.1 Å². The number of thioether (sulfide) groups is 1. The molecule has 3 atom stereocenters. The van der Waals surface area contributed by atoms with Gasteiger partial charge in [-0.3, -0.25) is 4.79 Å². The van der Waals surface area contributed by atoms with Crippen LogP contribution in [0.5, 0.6) is 0 Å². The molecule has 0 bridgehead atoms. The van der Waals surface area contributed by atoms with Gasteiger partial charge in [-0.25, -0.2) is 0 Å². The number of nitrogens with one attached hydrogen (secondary N) is 1. The fourth-order valence-corrected chi connectivity index (χ4v) is 2.99. The minimum atomic E-state index is 0.0138. The summed E-state index contributed by atoms with van der Waals surface area (Å²) in [4.78, 5) is 11.7. The van der Waals surface area contributed by atoms with E-state index < -0.39 is 0 Å². The first-order valence-electron chi connectivity index (χ1n) is 6.23. The highest BCUT2D eigenvalue weighted by Gasteiger charge is 2.22. The molecule has 3 N–H and O–H groups in total. The van der Waals surface area contributed by atoms with E-state index in [1.807, 2.05) is 18.7 Å². The van der Waals surface area contributed by atoms with Crippen LogP contribution in [0.1, 0.15) is 45.4 Å². The zero-order valence-corrected chi connectivity index (χ0v) is 11.2. The van der Waals surface area contributed by atoms with E-state index >= 15 is 0 Å².